The summed E-state index contributed by atoms with van der Waals surface area (Å²) in [7, 11) is 0. The van der Waals surface area contributed by atoms with Crippen molar-refractivity contribution in [3.05, 3.63) is 221 Å². The second-order valence-electron chi connectivity index (χ2n) is 16.5. The van der Waals surface area contributed by atoms with Gasteiger partial charge in [-0.25, -0.2) is 0 Å². The zero-order valence-corrected chi connectivity index (χ0v) is 31.9. The molecule has 2 saturated carbocycles. The van der Waals surface area contributed by atoms with Gasteiger partial charge in [-0.3, -0.25) is 0 Å². The van der Waals surface area contributed by atoms with Crippen LogP contribution in [0.3, 0.4) is 0 Å². The van der Waals surface area contributed by atoms with Gasteiger partial charge in [0.05, 0.1) is 11.1 Å². The van der Waals surface area contributed by atoms with E-state index in [0.29, 0.717) is 5.92 Å². The summed E-state index contributed by atoms with van der Waals surface area (Å²) >= 11 is 0. The molecule has 0 saturated heterocycles. The minimum atomic E-state index is -0.482. The van der Waals surface area contributed by atoms with Gasteiger partial charge in [0.1, 0.15) is 0 Å². The third-order valence-electron chi connectivity index (χ3n) is 13.6. The van der Waals surface area contributed by atoms with Gasteiger partial charge in [0, 0.05) is 16.9 Å². The Kier molecular flexibility index (Phi) is 7.85. The Bertz CT molecular complexity index is 2690. The monoisotopic (exact) mass is 719 g/mol. The van der Waals surface area contributed by atoms with Gasteiger partial charge < -0.3 is 4.90 Å². The van der Waals surface area contributed by atoms with Crippen LogP contribution in [0.25, 0.3) is 33.0 Å². The molecule has 0 heterocycles. The number of nitrogens with zero attached hydrogens (tertiary/aromatic N) is 1. The lowest BCUT2D eigenvalue weighted by molar-refractivity contribution is 0.420. The number of aryl methyl sites for hydroxylation is 1. The second-order valence-corrected chi connectivity index (χ2v) is 16.5. The lowest BCUT2D eigenvalue weighted by atomic mass is 9.67. The smallest absolute Gasteiger partial charge is 0.0714 e. The molecule has 11 rings (SSSR count). The SMILES string of the molecule is Cc1ccccc1-c1cc2ccccc2cc1N(c1ccc(C2CC3CCC2C3)cc1)c1ccc2c(c1)C(c1ccccc1)(c1ccccc1)c1ccccc1-2. The van der Waals surface area contributed by atoms with Crippen molar-refractivity contribution < 1.29 is 0 Å². The maximum Gasteiger partial charge on any atom is 0.0714 e. The Morgan fingerprint density at radius 3 is 1.75 bits per heavy atom. The first-order chi connectivity index (χ1) is 27.7. The van der Waals surface area contributed by atoms with Crippen LogP contribution < -0.4 is 4.90 Å². The van der Waals surface area contributed by atoms with Gasteiger partial charge >= 0.3 is 0 Å². The van der Waals surface area contributed by atoms with Gasteiger partial charge in [0.15, 0.2) is 0 Å². The van der Waals surface area contributed by atoms with E-state index in [4.69, 9.17) is 0 Å². The maximum absolute atomic E-state index is 2.54. The topological polar surface area (TPSA) is 3.24 Å². The minimum absolute atomic E-state index is 0.482. The zero-order chi connectivity index (χ0) is 37.2. The van der Waals surface area contributed by atoms with Gasteiger partial charge in [-0.05, 0) is 141 Å². The van der Waals surface area contributed by atoms with E-state index in [1.165, 1.54) is 103 Å². The van der Waals surface area contributed by atoms with Crippen LogP contribution in [0, 0.1) is 18.8 Å². The standard InChI is InChI=1S/C55H45N/c1-37-14-8-11-21-47(37)51-34-40-15-9-10-16-41(40)35-54(51)56(45-28-26-39(27-29-45)50-33-38-24-25-42(50)32-38)46-30-31-49-48-22-12-13-23-52(48)55(53(49)36-46,43-17-4-2-5-18-43)44-19-6-3-7-20-44/h2-23,26-31,34-36,38,42,50H,24-25,32-33H2,1H3. The molecular formula is C55H45N. The summed E-state index contributed by atoms with van der Waals surface area (Å²) in [5.41, 5.74) is 16.1. The number of rotatable bonds is 7. The summed E-state index contributed by atoms with van der Waals surface area (Å²) in [5.74, 6) is 2.45. The predicted octanol–water partition coefficient (Wildman–Crippen LogP) is 14.6. The van der Waals surface area contributed by atoms with E-state index in [1.807, 2.05) is 0 Å². The molecule has 0 spiro atoms. The number of fused-ring (bicyclic) bond motifs is 6. The van der Waals surface area contributed by atoms with Crippen molar-refractivity contribution >= 4 is 27.8 Å². The van der Waals surface area contributed by atoms with Crippen LogP contribution in [0.5, 0.6) is 0 Å². The molecule has 2 bridgehead atoms. The maximum atomic E-state index is 2.54. The van der Waals surface area contributed by atoms with Crippen LogP contribution in [0.1, 0.15) is 65.0 Å². The molecule has 0 radical (unpaired) electrons. The van der Waals surface area contributed by atoms with Gasteiger partial charge in [-0.1, -0.05) is 158 Å². The number of benzene rings is 8. The molecule has 270 valence electrons. The summed E-state index contributed by atoms with van der Waals surface area (Å²) < 4.78 is 0. The Morgan fingerprint density at radius 1 is 0.464 bits per heavy atom. The normalized spacial score (nSPS) is 18.8. The number of anilines is 3. The average Bonchev–Trinajstić information content (AvgIpc) is 3.98. The van der Waals surface area contributed by atoms with Crippen molar-refractivity contribution in [2.24, 2.45) is 11.8 Å². The third-order valence-corrected chi connectivity index (χ3v) is 13.6. The first kappa shape index (κ1) is 33.2. The zero-order valence-electron chi connectivity index (χ0n) is 31.9. The molecule has 8 aromatic carbocycles. The van der Waals surface area contributed by atoms with E-state index in [0.717, 1.165) is 17.5 Å². The fourth-order valence-electron chi connectivity index (χ4n) is 11.0. The lowest BCUT2D eigenvalue weighted by Crippen LogP contribution is -2.28. The molecule has 3 unspecified atom stereocenters. The average molecular weight is 720 g/mol. The minimum Gasteiger partial charge on any atom is -0.310 e. The van der Waals surface area contributed by atoms with Gasteiger partial charge in [0.25, 0.3) is 0 Å². The molecule has 3 atom stereocenters. The van der Waals surface area contributed by atoms with E-state index in [1.54, 1.807) is 0 Å². The predicted molar refractivity (Wildman–Crippen MR) is 234 cm³/mol. The van der Waals surface area contributed by atoms with Crippen molar-refractivity contribution in [1.82, 2.24) is 0 Å². The second kappa shape index (κ2) is 13.2. The largest absolute Gasteiger partial charge is 0.310 e. The summed E-state index contributed by atoms with van der Waals surface area (Å²) in [6.07, 6.45) is 5.58. The molecule has 56 heavy (non-hydrogen) atoms. The first-order valence-corrected chi connectivity index (χ1v) is 20.5. The van der Waals surface area contributed by atoms with Crippen LogP contribution in [-0.4, -0.2) is 0 Å². The van der Waals surface area contributed by atoms with E-state index in [2.05, 4.69) is 200 Å². The fraction of sp³-hybridized carbons (Fsp3) is 0.164. The molecule has 1 nitrogen and oxygen atoms in total. The first-order valence-electron chi connectivity index (χ1n) is 20.5. The van der Waals surface area contributed by atoms with Gasteiger partial charge in [-0.15, -0.1) is 0 Å². The van der Waals surface area contributed by atoms with Crippen molar-refractivity contribution in [3.63, 3.8) is 0 Å². The summed E-state index contributed by atoms with van der Waals surface area (Å²) in [6, 6.07) is 70.8. The van der Waals surface area contributed by atoms with E-state index in [9.17, 15) is 0 Å². The Balaban J connectivity index is 1.18. The molecule has 3 aliphatic rings. The molecule has 1 heteroatoms. The number of hydrogen-bond acceptors (Lipinski definition) is 1. The van der Waals surface area contributed by atoms with Crippen molar-refractivity contribution in [2.45, 2.75) is 43.9 Å². The molecule has 0 N–H and O–H groups in total. The highest BCUT2D eigenvalue weighted by atomic mass is 15.1. The Labute approximate surface area is 330 Å². The van der Waals surface area contributed by atoms with Crippen molar-refractivity contribution in [1.29, 1.82) is 0 Å². The summed E-state index contributed by atoms with van der Waals surface area (Å²) in [4.78, 5) is 2.54. The molecule has 0 aromatic heterocycles. The van der Waals surface area contributed by atoms with Gasteiger partial charge in [-0.2, -0.15) is 0 Å². The van der Waals surface area contributed by atoms with Crippen molar-refractivity contribution in [3.8, 4) is 22.3 Å². The molecule has 0 amide bonds. The van der Waals surface area contributed by atoms with E-state index < -0.39 is 5.41 Å². The van der Waals surface area contributed by atoms with E-state index >= 15 is 0 Å². The van der Waals surface area contributed by atoms with Gasteiger partial charge in [0.2, 0.25) is 0 Å². The molecule has 3 aliphatic carbocycles. The van der Waals surface area contributed by atoms with E-state index in [-0.39, 0.29) is 0 Å². The van der Waals surface area contributed by atoms with Crippen LogP contribution >= 0.6 is 0 Å². The van der Waals surface area contributed by atoms with Crippen molar-refractivity contribution in [2.75, 3.05) is 4.90 Å². The van der Waals surface area contributed by atoms with Crippen LogP contribution in [-0.2, 0) is 5.41 Å². The highest BCUT2D eigenvalue weighted by molar-refractivity contribution is 5.99. The lowest BCUT2D eigenvalue weighted by Gasteiger charge is -2.35. The summed E-state index contributed by atoms with van der Waals surface area (Å²) in [6.45, 7) is 2.24. The highest BCUT2D eigenvalue weighted by Crippen LogP contribution is 2.58. The fourth-order valence-corrected chi connectivity index (χ4v) is 11.0. The van der Waals surface area contributed by atoms with Crippen LogP contribution in [0.15, 0.2) is 188 Å². The van der Waals surface area contributed by atoms with Crippen LogP contribution in [0.2, 0.25) is 0 Å². The summed E-state index contributed by atoms with van der Waals surface area (Å²) in [5, 5.41) is 2.48. The Hall–Kier alpha value is -6.18. The quantitative estimate of drug-likeness (QED) is 0.159. The number of hydrogen-bond donors (Lipinski definition) is 0. The molecule has 2 fully saturated rings. The van der Waals surface area contributed by atoms with Crippen LogP contribution in [0.4, 0.5) is 17.1 Å². The Morgan fingerprint density at radius 2 is 1.07 bits per heavy atom. The molecular weight excluding hydrogens is 675 g/mol. The molecule has 8 aromatic rings. The third kappa shape index (κ3) is 5.14. The highest BCUT2D eigenvalue weighted by Gasteiger charge is 2.46. The molecule has 0 aliphatic heterocycles.